The molecule has 0 aliphatic carbocycles. The molecule has 0 unspecified atom stereocenters. The van der Waals surface area contributed by atoms with Crippen molar-refractivity contribution in [2.75, 3.05) is 0 Å². The fourth-order valence-corrected chi connectivity index (χ4v) is 1.88. The van der Waals surface area contributed by atoms with Crippen molar-refractivity contribution in [1.29, 1.82) is 0 Å². The highest BCUT2D eigenvalue weighted by atomic mass is 16.2. The summed E-state index contributed by atoms with van der Waals surface area (Å²) < 4.78 is 0. The van der Waals surface area contributed by atoms with E-state index < -0.39 is 0 Å². The van der Waals surface area contributed by atoms with Crippen LogP contribution in [0.3, 0.4) is 0 Å². The molecular formula is C14H16N4O2. The predicted octanol–water partition coefficient (Wildman–Crippen LogP) is 0.641. The maximum Gasteiger partial charge on any atom is 0.254 e. The molecule has 0 aliphatic heterocycles. The van der Waals surface area contributed by atoms with Crippen LogP contribution in [0.5, 0.6) is 0 Å². The van der Waals surface area contributed by atoms with Gasteiger partial charge in [-0.2, -0.15) is 0 Å². The van der Waals surface area contributed by atoms with Gasteiger partial charge in [-0.15, -0.1) is 0 Å². The lowest BCUT2D eigenvalue weighted by molar-refractivity contribution is -0.120. The van der Waals surface area contributed by atoms with Crippen LogP contribution in [0, 0.1) is 13.8 Å². The lowest BCUT2D eigenvalue weighted by Gasteiger charge is -2.07. The number of hydrogen-bond acceptors (Lipinski definition) is 4. The fraction of sp³-hybridized carbons (Fsp3) is 0.286. The average Bonchev–Trinajstić information content (AvgIpc) is 2.42. The van der Waals surface area contributed by atoms with Crippen LogP contribution in [0.1, 0.15) is 22.6 Å². The summed E-state index contributed by atoms with van der Waals surface area (Å²) in [6, 6.07) is 3.65. The number of nitrogens with zero attached hydrogens (tertiary/aromatic N) is 2. The Morgan fingerprint density at radius 1 is 1.30 bits per heavy atom. The number of pyridine rings is 1. The first kappa shape index (κ1) is 13.9. The molecule has 0 aromatic carbocycles. The van der Waals surface area contributed by atoms with Gasteiger partial charge < -0.3 is 10.3 Å². The van der Waals surface area contributed by atoms with Crippen LogP contribution in [-0.2, 0) is 17.8 Å². The molecule has 1 amide bonds. The zero-order valence-electron chi connectivity index (χ0n) is 11.4. The molecule has 2 aromatic heterocycles. The van der Waals surface area contributed by atoms with Crippen LogP contribution >= 0.6 is 0 Å². The zero-order chi connectivity index (χ0) is 14.5. The Hall–Kier alpha value is -2.50. The van der Waals surface area contributed by atoms with E-state index >= 15 is 0 Å². The topological polar surface area (TPSA) is 87.7 Å². The molecule has 0 radical (unpaired) electrons. The van der Waals surface area contributed by atoms with Gasteiger partial charge in [0.15, 0.2) is 0 Å². The third-order valence-corrected chi connectivity index (χ3v) is 2.92. The molecular weight excluding hydrogens is 256 g/mol. The van der Waals surface area contributed by atoms with E-state index in [9.17, 15) is 9.59 Å². The number of aromatic nitrogens is 3. The maximum atomic E-state index is 11.9. The van der Waals surface area contributed by atoms with Crippen LogP contribution in [0.4, 0.5) is 0 Å². The fourth-order valence-electron chi connectivity index (χ4n) is 1.88. The van der Waals surface area contributed by atoms with Crippen LogP contribution in [0.2, 0.25) is 0 Å². The van der Waals surface area contributed by atoms with Gasteiger partial charge in [0.05, 0.1) is 6.42 Å². The standard InChI is InChI=1S/C14H16N4O2/c1-9-12(14(20)18-10(2)17-9)7-13(19)16-8-11-3-5-15-6-4-11/h3-6H,7-8H2,1-2H3,(H,16,19)(H,17,18,20). The third kappa shape index (κ3) is 3.50. The Morgan fingerprint density at radius 2 is 2.00 bits per heavy atom. The summed E-state index contributed by atoms with van der Waals surface area (Å²) in [7, 11) is 0. The van der Waals surface area contributed by atoms with Crippen LogP contribution in [0.25, 0.3) is 0 Å². The first-order valence-corrected chi connectivity index (χ1v) is 6.28. The van der Waals surface area contributed by atoms with E-state index in [0.717, 1.165) is 5.56 Å². The number of carbonyl (C=O) groups is 1. The highest BCUT2D eigenvalue weighted by Gasteiger charge is 2.11. The number of hydrogen-bond donors (Lipinski definition) is 2. The van der Waals surface area contributed by atoms with Crippen molar-refractivity contribution in [3.63, 3.8) is 0 Å². The van der Waals surface area contributed by atoms with Crippen molar-refractivity contribution in [3.05, 3.63) is 57.5 Å². The van der Waals surface area contributed by atoms with Gasteiger partial charge in [0.2, 0.25) is 5.91 Å². The molecule has 0 saturated carbocycles. The molecule has 0 fully saturated rings. The first-order chi connectivity index (χ1) is 9.56. The zero-order valence-corrected chi connectivity index (χ0v) is 11.4. The minimum atomic E-state index is -0.255. The van der Waals surface area contributed by atoms with Gasteiger partial charge in [0, 0.05) is 30.2 Å². The van der Waals surface area contributed by atoms with Gasteiger partial charge in [0.25, 0.3) is 5.56 Å². The van der Waals surface area contributed by atoms with Gasteiger partial charge in [-0.1, -0.05) is 0 Å². The van der Waals surface area contributed by atoms with E-state index in [2.05, 4.69) is 20.3 Å². The van der Waals surface area contributed by atoms with E-state index in [1.165, 1.54) is 0 Å². The van der Waals surface area contributed by atoms with Crippen molar-refractivity contribution < 1.29 is 4.79 Å². The average molecular weight is 272 g/mol. The van der Waals surface area contributed by atoms with Crippen molar-refractivity contribution >= 4 is 5.91 Å². The molecule has 20 heavy (non-hydrogen) atoms. The van der Waals surface area contributed by atoms with Crippen molar-refractivity contribution in [3.8, 4) is 0 Å². The Morgan fingerprint density at radius 3 is 2.65 bits per heavy atom. The second-order valence-electron chi connectivity index (χ2n) is 4.52. The van der Waals surface area contributed by atoms with Gasteiger partial charge in [-0.05, 0) is 31.5 Å². The minimum Gasteiger partial charge on any atom is -0.352 e. The molecule has 2 heterocycles. The van der Waals surface area contributed by atoms with Crippen LogP contribution < -0.4 is 10.9 Å². The third-order valence-electron chi connectivity index (χ3n) is 2.92. The molecule has 6 nitrogen and oxygen atoms in total. The van der Waals surface area contributed by atoms with Crippen LogP contribution in [0.15, 0.2) is 29.3 Å². The lowest BCUT2D eigenvalue weighted by Crippen LogP contribution is -2.29. The van der Waals surface area contributed by atoms with E-state index in [0.29, 0.717) is 23.6 Å². The summed E-state index contributed by atoms with van der Waals surface area (Å²) in [5, 5.41) is 2.77. The van der Waals surface area contributed by atoms with E-state index in [-0.39, 0.29) is 17.9 Å². The molecule has 2 N–H and O–H groups in total. The second-order valence-corrected chi connectivity index (χ2v) is 4.52. The van der Waals surface area contributed by atoms with Crippen molar-refractivity contribution in [2.45, 2.75) is 26.8 Å². The Bertz CT molecular complexity index is 665. The summed E-state index contributed by atoms with van der Waals surface area (Å²) in [4.78, 5) is 34.3. The Labute approximate surface area is 116 Å². The molecule has 0 aliphatic rings. The number of H-pyrrole nitrogens is 1. The number of amides is 1. The predicted molar refractivity (Wildman–Crippen MR) is 74.1 cm³/mol. The number of carbonyl (C=O) groups excluding carboxylic acids is 1. The summed E-state index contributed by atoms with van der Waals surface area (Å²) in [5.41, 5.74) is 1.70. The van der Waals surface area contributed by atoms with Crippen molar-refractivity contribution in [2.24, 2.45) is 0 Å². The maximum absolute atomic E-state index is 11.9. The first-order valence-electron chi connectivity index (χ1n) is 6.28. The summed E-state index contributed by atoms with van der Waals surface area (Å²) in [5.74, 6) is 0.342. The van der Waals surface area contributed by atoms with E-state index in [4.69, 9.17) is 0 Å². The number of nitrogens with one attached hydrogen (secondary N) is 2. The minimum absolute atomic E-state index is 0.0273. The molecule has 0 saturated heterocycles. The lowest BCUT2D eigenvalue weighted by atomic mass is 10.1. The van der Waals surface area contributed by atoms with E-state index in [1.807, 2.05) is 12.1 Å². The van der Waals surface area contributed by atoms with Gasteiger partial charge in [0.1, 0.15) is 5.82 Å². The molecule has 104 valence electrons. The normalized spacial score (nSPS) is 10.3. The summed E-state index contributed by atoms with van der Waals surface area (Å²) >= 11 is 0. The molecule has 0 spiro atoms. The largest absolute Gasteiger partial charge is 0.352 e. The number of aryl methyl sites for hydroxylation is 2. The SMILES string of the molecule is Cc1nc(C)c(CC(=O)NCc2ccncc2)c(=O)[nH]1. The van der Waals surface area contributed by atoms with Crippen LogP contribution in [-0.4, -0.2) is 20.9 Å². The quantitative estimate of drug-likeness (QED) is 0.855. The second kappa shape index (κ2) is 6.10. The smallest absolute Gasteiger partial charge is 0.254 e. The summed E-state index contributed by atoms with van der Waals surface area (Å²) in [6.45, 7) is 3.85. The Balaban J connectivity index is 2.00. The highest BCUT2D eigenvalue weighted by Crippen LogP contribution is 2.01. The van der Waals surface area contributed by atoms with Gasteiger partial charge >= 0.3 is 0 Å². The number of rotatable bonds is 4. The number of aromatic amines is 1. The van der Waals surface area contributed by atoms with Crippen molar-refractivity contribution in [1.82, 2.24) is 20.3 Å². The molecule has 0 atom stereocenters. The summed E-state index contributed by atoms with van der Waals surface area (Å²) in [6.07, 6.45) is 3.36. The van der Waals surface area contributed by atoms with Gasteiger partial charge in [-0.25, -0.2) is 4.98 Å². The monoisotopic (exact) mass is 272 g/mol. The molecule has 2 rings (SSSR count). The highest BCUT2D eigenvalue weighted by molar-refractivity contribution is 5.78. The molecule has 2 aromatic rings. The Kier molecular flexibility index (Phi) is 4.24. The molecule has 6 heteroatoms. The van der Waals surface area contributed by atoms with E-state index in [1.54, 1.807) is 26.2 Å². The van der Waals surface area contributed by atoms with Gasteiger partial charge in [-0.3, -0.25) is 14.6 Å². The molecule has 0 bridgehead atoms.